The molecule has 1 heterocycles. The van der Waals surface area contributed by atoms with Crippen molar-refractivity contribution in [3.05, 3.63) is 60.2 Å². The van der Waals surface area contributed by atoms with Gasteiger partial charge in [-0.25, -0.2) is 0 Å². The molecule has 8 heteroatoms. The Bertz CT molecular complexity index is 795. The first-order valence-electron chi connectivity index (χ1n) is 8.92. The van der Waals surface area contributed by atoms with E-state index in [1.165, 1.54) is 0 Å². The summed E-state index contributed by atoms with van der Waals surface area (Å²) in [5.41, 5.74) is 1.24. The lowest BCUT2D eigenvalue weighted by molar-refractivity contribution is -0.117. The molecule has 3 rings (SSSR count). The molecule has 0 unspecified atom stereocenters. The number of carbonyl (C=O) groups excluding carboxylic acids is 2. The second-order valence-electron chi connectivity index (χ2n) is 6.39. The van der Waals surface area contributed by atoms with E-state index in [9.17, 15) is 18.4 Å². The monoisotopic (exact) mass is 405 g/mol. The summed E-state index contributed by atoms with van der Waals surface area (Å²) in [7, 11) is 0. The summed E-state index contributed by atoms with van der Waals surface area (Å²) in [4.78, 5) is 28.9. The van der Waals surface area contributed by atoms with Crippen molar-refractivity contribution in [3.63, 3.8) is 0 Å². The molecular weight excluding hydrogens is 384 g/mol. The first-order valence-corrected chi connectivity index (χ1v) is 9.80. The molecule has 1 fully saturated rings. The maximum Gasteiger partial charge on any atom is 0.288 e. The van der Waals surface area contributed by atoms with Gasteiger partial charge in [0.25, 0.3) is 11.7 Å². The van der Waals surface area contributed by atoms with E-state index >= 15 is 0 Å². The molecule has 1 N–H and O–H groups in total. The van der Waals surface area contributed by atoms with Crippen LogP contribution in [0.5, 0.6) is 0 Å². The van der Waals surface area contributed by atoms with E-state index in [1.54, 1.807) is 41.3 Å². The van der Waals surface area contributed by atoms with E-state index in [0.29, 0.717) is 54.1 Å². The molecule has 1 saturated heterocycles. The minimum Gasteiger partial charge on any atom is -0.336 e. The quantitative estimate of drug-likeness (QED) is 0.749. The fourth-order valence-electron chi connectivity index (χ4n) is 3.00. The molecular formula is C20H21F2N3O2S. The molecule has 0 bridgehead atoms. The van der Waals surface area contributed by atoms with Gasteiger partial charge in [0.1, 0.15) is 0 Å². The molecule has 0 spiro atoms. The Morgan fingerprint density at radius 3 is 2.21 bits per heavy atom. The van der Waals surface area contributed by atoms with Gasteiger partial charge < -0.3 is 10.2 Å². The van der Waals surface area contributed by atoms with Crippen molar-refractivity contribution in [3.8, 4) is 0 Å². The van der Waals surface area contributed by atoms with Crippen molar-refractivity contribution < 1.29 is 18.4 Å². The molecule has 28 heavy (non-hydrogen) atoms. The van der Waals surface area contributed by atoms with Crippen LogP contribution >= 0.6 is 11.8 Å². The molecule has 148 valence electrons. The van der Waals surface area contributed by atoms with E-state index in [0.717, 1.165) is 0 Å². The van der Waals surface area contributed by atoms with Crippen molar-refractivity contribution in [1.29, 1.82) is 0 Å². The second kappa shape index (κ2) is 9.66. The van der Waals surface area contributed by atoms with Crippen LogP contribution < -0.4 is 5.32 Å². The van der Waals surface area contributed by atoms with Gasteiger partial charge in [-0.1, -0.05) is 30.0 Å². The van der Waals surface area contributed by atoms with E-state index in [-0.39, 0.29) is 18.4 Å². The number of nitrogens with one attached hydrogen (secondary N) is 1. The lowest BCUT2D eigenvalue weighted by atomic mass is 10.2. The normalized spacial score (nSPS) is 14.9. The number of nitrogens with zero attached hydrogens (tertiary/aromatic N) is 2. The van der Waals surface area contributed by atoms with Crippen LogP contribution in [0.4, 0.5) is 14.5 Å². The summed E-state index contributed by atoms with van der Waals surface area (Å²) < 4.78 is 24.7. The topological polar surface area (TPSA) is 52.7 Å². The molecule has 5 nitrogen and oxygen atoms in total. The summed E-state index contributed by atoms with van der Waals surface area (Å²) in [6.45, 7) is 2.61. The van der Waals surface area contributed by atoms with E-state index in [4.69, 9.17) is 0 Å². The highest BCUT2D eigenvalue weighted by Crippen LogP contribution is 2.26. The maximum absolute atomic E-state index is 12.4. The predicted molar refractivity (Wildman–Crippen MR) is 106 cm³/mol. The Morgan fingerprint density at radius 2 is 1.61 bits per heavy atom. The van der Waals surface area contributed by atoms with Crippen LogP contribution in [0.15, 0.2) is 59.5 Å². The van der Waals surface area contributed by atoms with Gasteiger partial charge in [-0.2, -0.15) is 8.78 Å². The van der Waals surface area contributed by atoms with Crippen molar-refractivity contribution in [1.82, 2.24) is 9.80 Å². The number of alkyl halides is 2. The van der Waals surface area contributed by atoms with Gasteiger partial charge in [0.2, 0.25) is 5.91 Å². The molecule has 0 aromatic heterocycles. The Kier molecular flexibility index (Phi) is 7.00. The fourth-order valence-corrected chi connectivity index (χ4v) is 3.49. The number of benzene rings is 2. The van der Waals surface area contributed by atoms with Crippen LogP contribution in [0.3, 0.4) is 0 Å². The summed E-state index contributed by atoms with van der Waals surface area (Å²) in [5.74, 6) is -2.63. The molecule has 0 aliphatic carbocycles. The zero-order chi connectivity index (χ0) is 19.9. The van der Waals surface area contributed by atoms with Crippen molar-refractivity contribution >= 4 is 29.3 Å². The Hall–Kier alpha value is -2.45. The van der Waals surface area contributed by atoms with Gasteiger partial charge in [-0.3, -0.25) is 14.5 Å². The van der Waals surface area contributed by atoms with Crippen LogP contribution in [0.2, 0.25) is 0 Å². The number of hydrogen-bond acceptors (Lipinski definition) is 4. The molecule has 2 aromatic carbocycles. The first-order chi connectivity index (χ1) is 13.5. The van der Waals surface area contributed by atoms with E-state index < -0.39 is 5.76 Å². The molecule has 2 aromatic rings. The van der Waals surface area contributed by atoms with Gasteiger partial charge in [0.05, 0.1) is 6.54 Å². The number of anilines is 1. The largest absolute Gasteiger partial charge is 0.336 e. The number of hydrogen-bond donors (Lipinski definition) is 1. The smallest absolute Gasteiger partial charge is 0.288 e. The van der Waals surface area contributed by atoms with E-state index in [2.05, 4.69) is 5.32 Å². The van der Waals surface area contributed by atoms with Crippen LogP contribution in [-0.2, 0) is 4.79 Å². The summed E-state index contributed by atoms with van der Waals surface area (Å²) in [6, 6.07) is 15.5. The molecule has 2 amide bonds. The van der Waals surface area contributed by atoms with Crippen LogP contribution in [0.1, 0.15) is 10.4 Å². The predicted octanol–water partition coefficient (Wildman–Crippen LogP) is 3.40. The van der Waals surface area contributed by atoms with Crippen LogP contribution in [-0.4, -0.2) is 60.1 Å². The van der Waals surface area contributed by atoms with Gasteiger partial charge in [0, 0.05) is 42.3 Å². The third kappa shape index (κ3) is 5.77. The highest BCUT2D eigenvalue weighted by atomic mass is 32.2. The SMILES string of the molecule is O=C(CN1CCN(C(=O)c2ccccc2)CC1)Nc1ccc(SC(F)F)cc1. The van der Waals surface area contributed by atoms with Gasteiger partial charge >= 0.3 is 0 Å². The Morgan fingerprint density at radius 1 is 0.964 bits per heavy atom. The van der Waals surface area contributed by atoms with Gasteiger partial charge in [-0.15, -0.1) is 0 Å². The average Bonchev–Trinajstić information content (AvgIpc) is 2.70. The Balaban J connectivity index is 1.44. The number of halogens is 2. The third-order valence-corrected chi connectivity index (χ3v) is 5.13. The molecule has 1 aliphatic rings. The fraction of sp³-hybridized carbons (Fsp3) is 0.300. The van der Waals surface area contributed by atoms with Crippen molar-refractivity contribution in [2.75, 3.05) is 38.0 Å². The zero-order valence-electron chi connectivity index (χ0n) is 15.2. The van der Waals surface area contributed by atoms with Crippen molar-refractivity contribution in [2.45, 2.75) is 10.7 Å². The van der Waals surface area contributed by atoms with Gasteiger partial charge in [-0.05, 0) is 36.4 Å². The molecule has 0 atom stereocenters. The molecule has 0 radical (unpaired) electrons. The van der Waals surface area contributed by atoms with Crippen LogP contribution in [0, 0.1) is 0 Å². The van der Waals surface area contributed by atoms with Crippen LogP contribution in [0.25, 0.3) is 0 Å². The number of amides is 2. The number of carbonyl (C=O) groups is 2. The lowest BCUT2D eigenvalue weighted by Gasteiger charge is -2.34. The lowest BCUT2D eigenvalue weighted by Crippen LogP contribution is -2.50. The summed E-state index contributed by atoms with van der Waals surface area (Å²) >= 11 is 0.469. The standard InChI is InChI=1S/C20H21F2N3O2S/c21-20(22)28-17-8-6-16(7-9-17)23-18(26)14-24-10-12-25(13-11-24)19(27)15-4-2-1-3-5-15/h1-9,20H,10-14H2,(H,23,26). The number of piperazine rings is 1. The molecule has 1 aliphatic heterocycles. The maximum atomic E-state index is 12.4. The highest BCUT2D eigenvalue weighted by Gasteiger charge is 2.23. The number of thioether (sulfide) groups is 1. The van der Waals surface area contributed by atoms with Crippen molar-refractivity contribution in [2.24, 2.45) is 0 Å². The minimum absolute atomic E-state index is 0.00598. The molecule has 0 saturated carbocycles. The summed E-state index contributed by atoms with van der Waals surface area (Å²) in [6.07, 6.45) is 0. The summed E-state index contributed by atoms with van der Waals surface area (Å²) in [5, 5.41) is 2.77. The average molecular weight is 405 g/mol. The van der Waals surface area contributed by atoms with Gasteiger partial charge in [0.15, 0.2) is 0 Å². The van der Waals surface area contributed by atoms with E-state index in [1.807, 2.05) is 23.1 Å². The zero-order valence-corrected chi connectivity index (χ0v) is 16.0. The minimum atomic E-state index is -2.46. The first kappa shape index (κ1) is 20.3. The second-order valence-corrected chi connectivity index (χ2v) is 7.45. The number of rotatable bonds is 6. The Labute approximate surface area is 166 Å². The third-order valence-electron chi connectivity index (χ3n) is 4.41. The highest BCUT2D eigenvalue weighted by molar-refractivity contribution is 7.99.